The lowest BCUT2D eigenvalue weighted by molar-refractivity contribution is 0.0508. The van der Waals surface area contributed by atoms with Gasteiger partial charge in [0.2, 0.25) is 0 Å². The van der Waals surface area contributed by atoms with Crippen LogP contribution in [-0.2, 0) is 0 Å². The molecule has 0 radical (unpaired) electrons. The first-order valence-electron chi connectivity index (χ1n) is 13.1. The van der Waals surface area contributed by atoms with E-state index in [1.165, 1.54) is 0 Å². The van der Waals surface area contributed by atoms with Crippen LogP contribution in [0.2, 0.25) is 0 Å². The molecule has 0 bridgehead atoms. The Balaban J connectivity index is 0.998. The summed E-state index contributed by atoms with van der Waals surface area (Å²) in [6, 6.07) is 16.1. The van der Waals surface area contributed by atoms with E-state index in [0.29, 0.717) is 13.1 Å². The number of nitrogens with one attached hydrogen (secondary N) is 2. The normalized spacial score (nSPS) is 19.2. The minimum atomic E-state index is -0.412. The molecule has 36 heavy (non-hydrogen) atoms. The van der Waals surface area contributed by atoms with Gasteiger partial charge in [-0.15, -0.1) is 0 Å². The van der Waals surface area contributed by atoms with E-state index in [0.717, 1.165) is 73.9 Å². The molecule has 2 aliphatic heterocycles. The van der Waals surface area contributed by atoms with Crippen LogP contribution in [0.25, 0.3) is 22.1 Å². The van der Waals surface area contributed by atoms with Crippen molar-refractivity contribution < 1.29 is 5.11 Å². The fourth-order valence-corrected chi connectivity index (χ4v) is 6.25. The third-order valence-corrected chi connectivity index (χ3v) is 8.03. The van der Waals surface area contributed by atoms with Gasteiger partial charge in [-0.1, -0.05) is 24.3 Å². The Hall–Kier alpha value is -3.14. The molecule has 190 valence electrons. The molecule has 2 aromatic carbocycles. The van der Waals surface area contributed by atoms with Crippen molar-refractivity contribution in [3.8, 4) is 0 Å². The summed E-state index contributed by atoms with van der Waals surface area (Å²) in [7, 11) is 0. The van der Waals surface area contributed by atoms with E-state index in [4.69, 9.17) is 0 Å². The number of para-hydroxylation sites is 4. The van der Waals surface area contributed by atoms with Crippen molar-refractivity contribution in [3.63, 3.8) is 0 Å². The van der Waals surface area contributed by atoms with Gasteiger partial charge in [-0.25, -0.2) is 9.59 Å². The van der Waals surface area contributed by atoms with Crippen LogP contribution in [0.15, 0.2) is 58.1 Å². The lowest BCUT2D eigenvalue weighted by Crippen LogP contribution is -2.46. The lowest BCUT2D eigenvalue weighted by atomic mass is 10.0. The zero-order valence-corrected chi connectivity index (χ0v) is 20.5. The maximum atomic E-state index is 12.5. The molecule has 9 heteroatoms. The molecule has 6 rings (SSSR count). The van der Waals surface area contributed by atoms with Crippen LogP contribution in [-0.4, -0.2) is 79.4 Å². The second kappa shape index (κ2) is 9.72. The molecule has 2 aromatic heterocycles. The molecule has 2 fully saturated rings. The van der Waals surface area contributed by atoms with Crippen molar-refractivity contribution in [1.82, 2.24) is 28.9 Å². The number of H-pyrrole nitrogens is 2. The molecule has 0 aliphatic carbocycles. The Bertz CT molecular complexity index is 1340. The number of rotatable bonds is 6. The summed E-state index contributed by atoms with van der Waals surface area (Å²) >= 11 is 0. The Morgan fingerprint density at radius 1 is 0.694 bits per heavy atom. The van der Waals surface area contributed by atoms with E-state index >= 15 is 0 Å². The van der Waals surface area contributed by atoms with Crippen LogP contribution in [0, 0.1) is 0 Å². The largest absolute Gasteiger partial charge is 0.390 e. The van der Waals surface area contributed by atoms with E-state index in [1.54, 1.807) is 0 Å². The van der Waals surface area contributed by atoms with Crippen molar-refractivity contribution in [2.24, 2.45) is 0 Å². The summed E-state index contributed by atoms with van der Waals surface area (Å²) in [6.07, 6.45) is 3.20. The van der Waals surface area contributed by atoms with Crippen LogP contribution in [0.1, 0.15) is 37.8 Å². The van der Waals surface area contributed by atoms with E-state index in [9.17, 15) is 14.7 Å². The van der Waals surface area contributed by atoms with Gasteiger partial charge >= 0.3 is 11.4 Å². The molecular weight excluding hydrogens is 456 g/mol. The average Bonchev–Trinajstić information content (AvgIpc) is 3.40. The number of likely N-dealkylation sites (tertiary alicyclic amines) is 2. The molecule has 9 nitrogen and oxygen atoms in total. The molecule has 2 saturated heterocycles. The molecular formula is C27H34N6O3. The summed E-state index contributed by atoms with van der Waals surface area (Å²) < 4.78 is 3.82. The Morgan fingerprint density at radius 2 is 1.08 bits per heavy atom. The smallest absolute Gasteiger partial charge is 0.326 e. The van der Waals surface area contributed by atoms with Crippen molar-refractivity contribution in [2.75, 3.05) is 39.3 Å². The van der Waals surface area contributed by atoms with E-state index in [2.05, 4.69) is 19.8 Å². The number of aromatic nitrogens is 4. The number of nitrogens with zero attached hydrogens (tertiary/aromatic N) is 4. The monoisotopic (exact) mass is 490 g/mol. The van der Waals surface area contributed by atoms with Gasteiger partial charge in [0.15, 0.2) is 0 Å². The highest BCUT2D eigenvalue weighted by Crippen LogP contribution is 2.26. The Kier molecular flexibility index (Phi) is 6.29. The summed E-state index contributed by atoms with van der Waals surface area (Å²) in [5.74, 6) is 0. The molecule has 4 heterocycles. The molecule has 0 spiro atoms. The molecule has 4 aromatic rings. The average molecular weight is 491 g/mol. The quantitative estimate of drug-likeness (QED) is 0.385. The van der Waals surface area contributed by atoms with Crippen molar-refractivity contribution >= 4 is 22.1 Å². The van der Waals surface area contributed by atoms with Gasteiger partial charge in [0.25, 0.3) is 0 Å². The molecule has 0 unspecified atom stereocenters. The fourth-order valence-electron chi connectivity index (χ4n) is 6.25. The molecule has 0 amide bonds. The fraction of sp³-hybridized carbons (Fsp3) is 0.481. The Morgan fingerprint density at radius 3 is 1.50 bits per heavy atom. The molecule has 2 aliphatic rings. The highest BCUT2D eigenvalue weighted by Gasteiger charge is 2.27. The predicted octanol–water partition coefficient (Wildman–Crippen LogP) is 2.31. The number of benzene rings is 2. The molecule has 0 atom stereocenters. The van der Waals surface area contributed by atoms with Crippen molar-refractivity contribution in [3.05, 3.63) is 69.5 Å². The van der Waals surface area contributed by atoms with Gasteiger partial charge in [-0.05, 0) is 49.9 Å². The number of aliphatic hydroxyl groups is 1. The number of aliphatic hydroxyl groups excluding tert-OH is 1. The zero-order valence-electron chi connectivity index (χ0n) is 20.5. The van der Waals surface area contributed by atoms with Gasteiger partial charge < -0.3 is 24.9 Å². The second-order valence-electron chi connectivity index (χ2n) is 10.4. The van der Waals surface area contributed by atoms with Crippen LogP contribution >= 0.6 is 0 Å². The summed E-state index contributed by atoms with van der Waals surface area (Å²) in [5, 5.41) is 10.8. The van der Waals surface area contributed by atoms with E-state index in [-0.39, 0.29) is 23.5 Å². The summed E-state index contributed by atoms with van der Waals surface area (Å²) in [6.45, 7) is 4.80. The maximum absolute atomic E-state index is 12.5. The first-order chi connectivity index (χ1) is 17.6. The zero-order chi connectivity index (χ0) is 24.6. The van der Waals surface area contributed by atoms with Crippen LogP contribution in [0.5, 0.6) is 0 Å². The lowest BCUT2D eigenvalue weighted by Gasteiger charge is -2.36. The number of imidazole rings is 2. The predicted molar refractivity (Wildman–Crippen MR) is 141 cm³/mol. The minimum absolute atomic E-state index is 0.0343. The van der Waals surface area contributed by atoms with Gasteiger partial charge in [0, 0.05) is 51.4 Å². The van der Waals surface area contributed by atoms with Gasteiger partial charge in [0.1, 0.15) is 0 Å². The van der Waals surface area contributed by atoms with Gasteiger partial charge in [-0.2, -0.15) is 0 Å². The SMILES string of the molecule is O=c1[nH]c2ccccc2n1C1CCN(CC(O)CN2CCC(n3c(=O)[nH]c4ccccc43)CC2)CC1. The first-order valence-corrected chi connectivity index (χ1v) is 13.1. The van der Waals surface area contributed by atoms with Crippen molar-refractivity contribution in [1.29, 1.82) is 0 Å². The summed E-state index contributed by atoms with van der Waals surface area (Å²) in [4.78, 5) is 35.6. The minimum Gasteiger partial charge on any atom is -0.390 e. The van der Waals surface area contributed by atoms with Crippen LogP contribution in [0.4, 0.5) is 0 Å². The third kappa shape index (κ3) is 4.42. The number of hydrogen-bond donors (Lipinski definition) is 3. The number of fused-ring (bicyclic) bond motifs is 2. The number of hydrogen-bond acceptors (Lipinski definition) is 5. The van der Waals surface area contributed by atoms with Gasteiger partial charge in [-0.3, -0.25) is 9.13 Å². The first kappa shape index (κ1) is 23.3. The van der Waals surface area contributed by atoms with Crippen LogP contribution < -0.4 is 11.4 Å². The molecule has 3 N–H and O–H groups in total. The highest BCUT2D eigenvalue weighted by molar-refractivity contribution is 5.75. The van der Waals surface area contributed by atoms with Gasteiger partial charge in [0.05, 0.1) is 28.2 Å². The topological polar surface area (TPSA) is 102 Å². The van der Waals surface area contributed by atoms with E-state index in [1.807, 2.05) is 57.7 Å². The maximum Gasteiger partial charge on any atom is 0.326 e. The van der Waals surface area contributed by atoms with Crippen LogP contribution in [0.3, 0.4) is 0 Å². The highest BCUT2D eigenvalue weighted by atomic mass is 16.3. The second-order valence-corrected chi connectivity index (χ2v) is 10.4. The van der Waals surface area contributed by atoms with E-state index < -0.39 is 6.10 Å². The summed E-state index contributed by atoms with van der Waals surface area (Å²) in [5.41, 5.74) is 3.65. The number of β-amino-alcohol motifs (C(OH)–C–C–N with tert-alkyl or cyclic N) is 1. The number of aromatic amines is 2. The standard InChI is InChI=1S/C27H34N6O3/c34-21(17-30-13-9-19(10-14-30)32-24-7-3-1-5-22(24)28-26(32)35)18-31-15-11-20(12-16-31)33-25-8-4-2-6-23(25)29-27(33)36/h1-8,19-21,34H,9-18H2,(H,28,35)(H,29,36). The van der Waals surface area contributed by atoms with Crippen molar-refractivity contribution in [2.45, 2.75) is 43.9 Å². The molecule has 0 saturated carbocycles. The number of piperidine rings is 2. The third-order valence-electron chi connectivity index (χ3n) is 8.03. The Labute approximate surface area is 208 Å².